The molecule has 36 heavy (non-hydrogen) atoms. The second-order valence-corrected chi connectivity index (χ2v) is 12.9. The Kier molecular flexibility index (Phi) is 8.91. The molecule has 0 unspecified atom stereocenters. The van der Waals surface area contributed by atoms with Gasteiger partial charge in [-0.2, -0.15) is 4.31 Å². The molecule has 0 aromatic heterocycles. The van der Waals surface area contributed by atoms with Gasteiger partial charge in [0.25, 0.3) is 0 Å². The average Bonchev–Trinajstić information content (AvgIpc) is 2.84. The molecular weight excluding hydrogens is 522 g/mol. The van der Waals surface area contributed by atoms with E-state index in [9.17, 15) is 21.6 Å². The zero-order valence-corrected chi connectivity index (χ0v) is 22.6. The quantitative estimate of drug-likeness (QED) is 0.417. The van der Waals surface area contributed by atoms with Crippen molar-refractivity contribution in [2.24, 2.45) is 0 Å². The first-order chi connectivity index (χ1) is 16.9. The number of amides is 1. The summed E-state index contributed by atoms with van der Waals surface area (Å²) in [7, 11) is -4.65. The van der Waals surface area contributed by atoms with Crippen molar-refractivity contribution in [1.82, 2.24) is 13.9 Å². The van der Waals surface area contributed by atoms with Crippen molar-refractivity contribution in [3.63, 3.8) is 0 Å². The molecule has 0 bridgehead atoms. The fourth-order valence-corrected chi connectivity index (χ4v) is 5.70. The molecule has 1 N–H and O–H groups in total. The fourth-order valence-electron chi connectivity index (χ4n) is 3.29. The van der Waals surface area contributed by atoms with Gasteiger partial charge in [-0.1, -0.05) is 53.6 Å². The van der Waals surface area contributed by atoms with Gasteiger partial charge in [-0.05, 0) is 54.4 Å². The molecule has 0 atom stereocenters. The summed E-state index contributed by atoms with van der Waals surface area (Å²) in [6.45, 7) is 1.66. The third-order valence-electron chi connectivity index (χ3n) is 5.44. The molecule has 3 aromatic carbocycles. The molecule has 3 aromatic rings. The minimum absolute atomic E-state index is 0.00967. The van der Waals surface area contributed by atoms with Crippen LogP contribution in [0.25, 0.3) is 0 Å². The highest BCUT2D eigenvalue weighted by molar-refractivity contribution is 7.89. The van der Waals surface area contributed by atoms with Crippen molar-refractivity contribution >= 4 is 37.6 Å². The maximum Gasteiger partial charge on any atom is 0.243 e. The Balaban J connectivity index is 1.75. The Hall–Kier alpha value is -2.76. The molecule has 1 amide bonds. The van der Waals surface area contributed by atoms with Crippen LogP contribution < -0.4 is 5.32 Å². The van der Waals surface area contributed by atoms with Crippen molar-refractivity contribution in [2.75, 3.05) is 20.6 Å². The van der Waals surface area contributed by atoms with Crippen LogP contribution in [0.15, 0.2) is 82.6 Å². The maximum atomic E-state index is 13.4. The normalized spacial score (nSPS) is 12.2. The van der Waals surface area contributed by atoms with E-state index in [-0.39, 0.29) is 22.9 Å². The summed E-state index contributed by atoms with van der Waals surface area (Å²) in [5, 5.41) is 3.12. The summed E-state index contributed by atoms with van der Waals surface area (Å²) in [4.78, 5) is 12.9. The summed E-state index contributed by atoms with van der Waals surface area (Å²) < 4.78 is 53.4. The minimum Gasteiger partial charge on any atom is -0.351 e. The summed E-state index contributed by atoms with van der Waals surface area (Å²) >= 11 is 5.91. The van der Waals surface area contributed by atoms with Gasteiger partial charge in [0.05, 0.1) is 16.3 Å². The van der Waals surface area contributed by atoms with Crippen molar-refractivity contribution < 1.29 is 21.6 Å². The maximum absolute atomic E-state index is 13.4. The molecule has 0 heterocycles. The summed E-state index contributed by atoms with van der Waals surface area (Å²) in [5.74, 6) is -0.496. The first kappa shape index (κ1) is 27.8. The highest BCUT2D eigenvalue weighted by atomic mass is 35.5. The molecule has 0 aliphatic carbocycles. The summed E-state index contributed by atoms with van der Waals surface area (Å²) in [5.41, 5.74) is 2.45. The minimum atomic E-state index is -3.99. The van der Waals surface area contributed by atoms with E-state index in [0.717, 1.165) is 19.7 Å². The second kappa shape index (κ2) is 11.5. The van der Waals surface area contributed by atoms with E-state index < -0.39 is 32.5 Å². The monoisotopic (exact) mass is 549 g/mol. The molecule has 192 valence electrons. The molecule has 0 fully saturated rings. The molecule has 3 rings (SSSR count). The van der Waals surface area contributed by atoms with Crippen molar-refractivity contribution in [3.8, 4) is 0 Å². The van der Waals surface area contributed by atoms with E-state index >= 15 is 0 Å². The third kappa shape index (κ3) is 6.92. The number of nitrogens with one attached hydrogen (secondary N) is 1. The van der Waals surface area contributed by atoms with E-state index in [1.54, 1.807) is 12.1 Å². The molecule has 0 aliphatic heterocycles. The van der Waals surface area contributed by atoms with E-state index in [4.69, 9.17) is 11.6 Å². The molecule has 11 heteroatoms. The van der Waals surface area contributed by atoms with Crippen LogP contribution in [0.4, 0.5) is 0 Å². The highest BCUT2D eigenvalue weighted by Crippen LogP contribution is 2.21. The van der Waals surface area contributed by atoms with Gasteiger partial charge in [0.15, 0.2) is 0 Å². The van der Waals surface area contributed by atoms with Gasteiger partial charge in [0.1, 0.15) is 0 Å². The topological polar surface area (TPSA) is 104 Å². The second-order valence-electron chi connectivity index (χ2n) is 8.42. The van der Waals surface area contributed by atoms with Crippen LogP contribution in [0.3, 0.4) is 0 Å². The molecule has 0 radical (unpaired) electrons. The van der Waals surface area contributed by atoms with Crippen LogP contribution >= 0.6 is 11.6 Å². The largest absolute Gasteiger partial charge is 0.351 e. The predicted molar refractivity (Wildman–Crippen MR) is 139 cm³/mol. The van der Waals surface area contributed by atoms with Crippen LogP contribution in [-0.4, -0.2) is 52.0 Å². The van der Waals surface area contributed by atoms with Gasteiger partial charge in [0, 0.05) is 32.2 Å². The number of benzene rings is 3. The van der Waals surface area contributed by atoms with Gasteiger partial charge in [-0.3, -0.25) is 4.79 Å². The first-order valence-electron chi connectivity index (χ1n) is 11.0. The lowest BCUT2D eigenvalue weighted by Crippen LogP contribution is -2.40. The molecule has 0 aliphatic rings. The Labute approximate surface area is 217 Å². The van der Waals surface area contributed by atoms with E-state index in [1.165, 1.54) is 50.5 Å². The zero-order valence-electron chi connectivity index (χ0n) is 20.2. The highest BCUT2D eigenvalue weighted by Gasteiger charge is 2.27. The zero-order chi connectivity index (χ0) is 26.5. The summed E-state index contributed by atoms with van der Waals surface area (Å²) in [6.07, 6.45) is 0. The Morgan fingerprint density at radius 2 is 1.28 bits per heavy atom. The van der Waals surface area contributed by atoms with Crippen molar-refractivity contribution in [3.05, 3.63) is 94.5 Å². The Bertz CT molecular complexity index is 1410. The number of hydrogen-bond acceptors (Lipinski definition) is 5. The lowest BCUT2D eigenvalue weighted by atomic mass is 10.1. The number of carbonyl (C=O) groups is 1. The number of carbonyl (C=O) groups excluding carboxylic acids is 1. The predicted octanol–water partition coefficient (Wildman–Crippen LogP) is 3.41. The number of hydrogen-bond donors (Lipinski definition) is 1. The van der Waals surface area contributed by atoms with E-state index in [0.29, 0.717) is 10.6 Å². The summed E-state index contributed by atoms with van der Waals surface area (Å²) in [6, 6.07) is 19.3. The van der Waals surface area contributed by atoms with Crippen LogP contribution in [0.1, 0.15) is 16.7 Å². The molecule has 0 saturated carbocycles. The Morgan fingerprint density at radius 1 is 0.778 bits per heavy atom. The third-order valence-corrected chi connectivity index (χ3v) is 9.33. The van der Waals surface area contributed by atoms with Gasteiger partial charge >= 0.3 is 0 Å². The van der Waals surface area contributed by atoms with Gasteiger partial charge in [-0.15, -0.1) is 0 Å². The van der Waals surface area contributed by atoms with Crippen LogP contribution in [0.5, 0.6) is 0 Å². The first-order valence-corrected chi connectivity index (χ1v) is 14.2. The molecule has 8 nitrogen and oxygen atoms in total. The molecular formula is C25H28ClN3O5S2. The van der Waals surface area contributed by atoms with E-state index in [1.807, 2.05) is 31.2 Å². The smallest absolute Gasteiger partial charge is 0.243 e. The lowest BCUT2D eigenvalue weighted by molar-refractivity contribution is -0.121. The standard InChI is InChI=1S/C25H28ClN3O5S2/c1-19-4-6-21(7-5-19)17-29(36(33,34)24-14-10-22(26)11-15-24)18-25(30)27-16-20-8-12-23(13-9-20)35(31,32)28(2)3/h4-15H,16-18H2,1-3H3,(H,27,30). The number of halogens is 1. The lowest BCUT2D eigenvalue weighted by Gasteiger charge is -2.22. The van der Waals surface area contributed by atoms with Crippen LogP contribution in [-0.2, 0) is 37.9 Å². The van der Waals surface area contributed by atoms with Crippen LogP contribution in [0.2, 0.25) is 5.02 Å². The van der Waals surface area contributed by atoms with Crippen molar-refractivity contribution in [1.29, 1.82) is 0 Å². The van der Waals surface area contributed by atoms with Gasteiger partial charge < -0.3 is 5.32 Å². The Morgan fingerprint density at radius 3 is 1.83 bits per heavy atom. The fraction of sp³-hybridized carbons (Fsp3) is 0.240. The SMILES string of the molecule is Cc1ccc(CN(CC(=O)NCc2ccc(S(=O)(=O)N(C)C)cc2)S(=O)(=O)c2ccc(Cl)cc2)cc1. The van der Waals surface area contributed by atoms with Crippen LogP contribution in [0, 0.1) is 6.92 Å². The number of aryl methyl sites for hydroxylation is 1. The van der Waals surface area contributed by atoms with Crippen molar-refractivity contribution in [2.45, 2.75) is 29.8 Å². The van der Waals surface area contributed by atoms with E-state index in [2.05, 4.69) is 5.32 Å². The number of rotatable bonds is 10. The van der Waals surface area contributed by atoms with Gasteiger partial charge in [0.2, 0.25) is 26.0 Å². The van der Waals surface area contributed by atoms with Gasteiger partial charge in [-0.25, -0.2) is 21.1 Å². The molecule has 0 saturated heterocycles. The average molecular weight is 550 g/mol. The molecule has 0 spiro atoms. The number of sulfonamides is 2. The number of nitrogens with zero attached hydrogens (tertiary/aromatic N) is 2.